The van der Waals surface area contributed by atoms with Gasteiger partial charge in [-0.3, -0.25) is 9.36 Å². The molecule has 2 rings (SSSR count). The molecule has 0 N–H and O–H groups in total. The molecule has 0 saturated carbocycles. The van der Waals surface area contributed by atoms with Crippen LogP contribution in [0.2, 0.25) is 5.04 Å². The predicted molar refractivity (Wildman–Crippen MR) is 94.4 cm³/mol. The Kier molecular flexibility index (Phi) is 4.73. The molecule has 22 heavy (non-hydrogen) atoms. The van der Waals surface area contributed by atoms with E-state index >= 15 is 0 Å². The first-order valence-corrected chi connectivity index (χ1v) is 8.90. The van der Waals surface area contributed by atoms with Crippen molar-refractivity contribution in [2.45, 2.75) is 45.3 Å². The zero-order valence-corrected chi connectivity index (χ0v) is 15.5. The molecule has 1 heterocycles. The number of benzene rings is 1. The van der Waals surface area contributed by atoms with E-state index in [9.17, 15) is 4.79 Å². The first-order valence-electron chi connectivity index (χ1n) is 7.62. The van der Waals surface area contributed by atoms with Crippen molar-refractivity contribution in [3.63, 3.8) is 0 Å². The van der Waals surface area contributed by atoms with E-state index in [2.05, 4.69) is 20.8 Å². The first kappa shape index (κ1) is 16.7. The maximum Gasteiger partial charge on any atom is 0.255 e. The van der Waals surface area contributed by atoms with Gasteiger partial charge in [-0.1, -0.05) is 39.0 Å². The summed E-state index contributed by atoms with van der Waals surface area (Å²) in [6, 6.07) is 13.3. The van der Waals surface area contributed by atoms with E-state index in [4.69, 9.17) is 4.43 Å². The van der Waals surface area contributed by atoms with Gasteiger partial charge in [0, 0.05) is 18.0 Å². The summed E-state index contributed by atoms with van der Waals surface area (Å²) in [6.07, 6.45) is 1.83. The molecule has 0 aliphatic heterocycles. The normalized spacial score (nSPS) is 13.0. The minimum absolute atomic E-state index is 0.0298. The summed E-state index contributed by atoms with van der Waals surface area (Å²) in [5.41, 5.74) is 1.36. The van der Waals surface area contributed by atoms with Crippen LogP contribution in [0.3, 0.4) is 0 Å². The predicted octanol–water partition coefficient (Wildman–Crippen LogP) is 3.39. The van der Waals surface area contributed by atoms with Gasteiger partial charge in [0.05, 0.1) is 5.60 Å². The van der Waals surface area contributed by atoms with Crippen molar-refractivity contribution in [2.75, 3.05) is 0 Å². The second kappa shape index (κ2) is 6.22. The van der Waals surface area contributed by atoms with Crippen LogP contribution in [-0.4, -0.2) is 14.3 Å². The Hall–Kier alpha value is -1.65. The lowest BCUT2D eigenvalue weighted by Gasteiger charge is -2.30. The maximum absolute atomic E-state index is 12.4. The quantitative estimate of drug-likeness (QED) is 0.810. The monoisotopic (exact) mass is 315 g/mol. The molecular weight excluding hydrogens is 290 g/mol. The molecule has 4 heteroatoms. The number of para-hydroxylation sites is 1. The molecule has 0 atom stereocenters. The lowest BCUT2D eigenvalue weighted by molar-refractivity contribution is 0.109. The first-order chi connectivity index (χ1) is 10.2. The Labute approximate surface area is 134 Å². The molecule has 0 radical (unpaired) electrons. The molecule has 3 nitrogen and oxygen atoms in total. The van der Waals surface area contributed by atoms with Crippen molar-refractivity contribution in [1.82, 2.24) is 4.57 Å². The summed E-state index contributed by atoms with van der Waals surface area (Å²) >= 11 is 0. The summed E-state index contributed by atoms with van der Waals surface area (Å²) in [7, 11) is -0.680. The SMILES string of the molecule is CC(C)(C)[SiH2]OC(C)(C)c1ccn(-c2ccccc2)c(=O)c1. The highest BCUT2D eigenvalue weighted by molar-refractivity contribution is 6.31. The lowest BCUT2D eigenvalue weighted by atomic mass is 10.00. The number of hydrogen-bond acceptors (Lipinski definition) is 2. The molecule has 0 fully saturated rings. The van der Waals surface area contributed by atoms with Gasteiger partial charge in [-0.25, -0.2) is 0 Å². The third kappa shape index (κ3) is 4.18. The van der Waals surface area contributed by atoms with Crippen molar-refractivity contribution in [2.24, 2.45) is 0 Å². The van der Waals surface area contributed by atoms with E-state index in [0.29, 0.717) is 0 Å². The van der Waals surface area contributed by atoms with Crippen LogP contribution in [0.4, 0.5) is 0 Å². The molecule has 0 aliphatic carbocycles. The van der Waals surface area contributed by atoms with E-state index in [1.807, 2.05) is 56.4 Å². The average molecular weight is 315 g/mol. The second-order valence-electron chi connectivity index (χ2n) is 7.32. The molecule has 0 unspecified atom stereocenters. The van der Waals surface area contributed by atoms with Crippen molar-refractivity contribution in [1.29, 1.82) is 0 Å². The summed E-state index contributed by atoms with van der Waals surface area (Å²) in [5, 5.41) is 0.232. The van der Waals surface area contributed by atoms with Gasteiger partial charge in [0.2, 0.25) is 0 Å². The largest absolute Gasteiger partial charge is 0.415 e. The summed E-state index contributed by atoms with van der Waals surface area (Å²) in [6.45, 7) is 10.7. The summed E-state index contributed by atoms with van der Waals surface area (Å²) in [4.78, 5) is 12.4. The molecule has 0 bridgehead atoms. The van der Waals surface area contributed by atoms with Gasteiger partial charge in [-0.2, -0.15) is 0 Å². The van der Waals surface area contributed by atoms with Crippen LogP contribution < -0.4 is 5.56 Å². The van der Waals surface area contributed by atoms with Gasteiger partial charge in [0.1, 0.15) is 0 Å². The fourth-order valence-corrected chi connectivity index (χ4v) is 3.10. The van der Waals surface area contributed by atoms with Gasteiger partial charge in [-0.15, -0.1) is 0 Å². The number of pyridine rings is 1. The molecule has 0 saturated heterocycles. The van der Waals surface area contributed by atoms with Crippen LogP contribution in [0, 0.1) is 0 Å². The minimum atomic E-state index is -0.680. The van der Waals surface area contributed by atoms with E-state index in [1.54, 1.807) is 10.6 Å². The average Bonchev–Trinajstić information content (AvgIpc) is 2.45. The van der Waals surface area contributed by atoms with E-state index in [1.165, 1.54) is 0 Å². The van der Waals surface area contributed by atoms with Gasteiger partial charge in [-0.05, 0) is 42.6 Å². The molecular formula is C18H25NO2Si. The van der Waals surface area contributed by atoms with Crippen molar-refractivity contribution < 1.29 is 4.43 Å². The molecule has 2 aromatic rings. The molecule has 118 valence electrons. The highest BCUT2D eigenvalue weighted by atomic mass is 28.2. The fourth-order valence-electron chi connectivity index (χ4n) is 2.14. The van der Waals surface area contributed by atoms with Crippen LogP contribution in [-0.2, 0) is 10.0 Å². The van der Waals surface area contributed by atoms with E-state index in [-0.39, 0.29) is 10.6 Å². The van der Waals surface area contributed by atoms with Crippen molar-refractivity contribution in [3.8, 4) is 5.69 Å². The highest BCUT2D eigenvalue weighted by Crippen LogP contribution is 2.28. The number of hydrogen-bond donors (Lipinski definition) is 0. The van der Waals surface area contributed by atoms with Gasteiger partial charge in [0.25, 0.3) is 5.56 Å². The van der Waals surface area contributed by atoms with E-state index < -0.39 is 15.4 Å². The summed E-state index contributed by atoms with van der Waals surface area (Å²) in [5.74, 6) is 0. The van der Waals surface area contributed by atoms with Crippen molar-refractivity contribution in [3.05, 3.63) is 64.6 Å². The Morgan fingerprint density at radius 1 is 1.00 bits per heavy atom. The van der Waals surface area contributed by atoms with Crippen molar-refractivity contribution >= 4 is 9.76 Å². The van der Waals surface area contributed by atoms with Crippen LogP contribution in [0.25, 0.3) is 5.69 Å². The minimum Gasteiger partial charge on any atom is -0.415 e. The number of rotatable bonds is 4. The standard InChI is InChI=1S/C18H25NO2Si/c1-17(2,3)22-21-18(4,5)14-11-12-19(16(20)13-14)15-9-7-6-8-10-15/h6-13H,22H2,1-5H3. The Bertz CT molecular complexity index is 684. The van der Waals surface area contributed by atoms with Gasteiger partial charge in [0.15, 0.2) is 9.76 Å². The number of aromatic nitrogens is 1. The Morgan fingerprint density at radius 2 is 1.64 bits per heavy atom. The lowest BCUT2D eigenvalue weighted by Crippen LogP contribution is -2.30. The highest BCUT2D eigenvalue weighted by Gasteiger charge is 2.25. The van der Waals surface area contributed by atoms with Gasteiger partial charge < -0.3 is 4.43 Å². The smallest absolute Gasteiger partial charge is 0.255 e. The van der Waals surface area contributed by atoms with E-state index in [0.717, 1.165) is 11.3 Å². The van der Waals surface area contributed by atoms with Crippen LogP contribution >= 0.6 is 0 Å². The number of nitrogens with zero attached hydrogens (tertiary/aromatic N) is 1. The zero-order chi connectivity index (χ0) is 16.4. The Morgan fingerprint density at radius 3 is 2.18 bits per heavy atom. The molecule has 1 aromatic carbocycles. The second-order valence-corrected chi connectivity index (χ2v) is 10.0. The third-order valence-corrected chi connectivity index (χ3v) is 5.25. The van der Waals surface area contributed by atoms with Crippen LogP contribution in [0.5, 0.6) is 0 Å². The third-order valence-electron chi connectivity index (χ3n) is 3.52. The molecule has 0 aliphatic rings. The molecule has 0 amide bonds. The Balaban J connectivity index is 2.27. The molecule has 1 aromatic heterocycles. The summed E-state index contributed by atoms with van der Waals surface area (Å²) < 4.78 is 7.82. The van der Waals surface area contributed by atoms with Gasteiger partial charge >= 0.3 is 0 Å². The topological polar surface area (TPSA) is 31.2 Å². The van der Waals surface area contributed by atoms with Crippen LogP contribution in [0.1, 0.15) is 40.2 Å². The zero-order valence-electron chi connectivity index (χ0n) is 14.1. The maximum atomic E-state index is 12.4. The molecule has 0 spiro atoms. The van der Waals surface area contributed by atoms with Crippen LogP contribution in [0.15, 0.2) is 53.5 Å². The fraction of sp³-hybridized carbons (Fsp3) is 0.389.